The number of nitrogens with one attached hydrogen (secondary N) is 2. The van der Waals surface area contributed by atoms with Gasteiger partial charge in [0, 0.05) is 45.0 Å². The molecule has 0 saturated heterocycles. The normalized spacial score (nSPS) is 10.9. The molecule has 3 heterocycles. The molecule has 2 aromatic carbocycles. The molecule has 0 aliphatic carbocycles. The van der Waals surface area contributed by atoms with Gasteiger partial charge >= 0.3 is 0 Å². The average Bonchev–Trinajstić information content (AvgIpc) is 3.61. The Morgan fingerprint density at radius 1 is 0.676 bits per heavy atom. The van der Waals surface area contributed by atoms with Gasteiger partial charge in [-0.15, -0.1) is 34.0 Å². The first-order chi connectivity index (χ1) is 17.9. The fraction of sp³-hybridized carbons (Fsp3) is 0.0769. The van der Waals surface area contributed by atoms with Gasteiger partial charge in [0.15, 0.2) is 10.3 Å². The second-order valence-electron chi connectivity index (χ2n) is 7.95. The summed E-state index contributed by atoms with van der Waals surface area (Å²) >= 11 is 16.0. The van der Waals surface area contributed by atoms with Crippen molar-refractivity contribution < 1.29 is 9.59 Å². The highest BCUT2D eigenvalue weighted by molar-refractivity contribution is 7.17. The summed E-state index contributed by atoms with van der Waals surface area (Å²) in [5.74, 6) is -0.628. The summed E-state index contributed by atoms with van der Waals surface area (Å²) < 4.78 is 0. The Labute approximate surface area is 235 Å². The monoisotopic (exact) mass is 584 g/mol. The van der Waals surface area contributed by atoms with Crippen LogP contribution in [-0.4, -0.2) is 21.8 Å². The maximum absolute atomic E-state index is 12.7. The number of hydrogen-bond acceptors (Lipinski definition) is 7. The number of thiophene rings is 1. The van der Waals surface area contributed by atoms with E-state index in [4.69, 9.17) is 23.2 Å². The zero-order chi connectivity index (χ0) is 25.8. The molecule has 186 valence electrons. The van der Waals surface area contributed by atoms with Crippen LogP contribution in [0, 0.1) is 0 Å². The van der Waals surface area contributed by atoms with Crippen LogP contribution in [-0.2, 0) is 12.8 Å². The van der Waals surface area contributed by atoms with E-state index < -0.39 is 0 Å². The van der Waals surface area contributed by atoms with Crippen molar-refractivity contribution in [2.75, 3.05) is 10.6 Å². The van der Waals surface area contributed by atoms with Crippen LogP contribution >= 0.6 is 57.2 Å². The van der Waals surface area contributed by atoms with E-state index in [0.29, 0.717) is 42.9 Å². The van der Waals surface area contributed by atoms with Crippen molar-refractivity contribution in [3.63, 3.8) is 0 Å². The highest BCUT2D eigenvalue weighted by Gasteiger charge is 2.17. The van der Waals surface area contributed by atoms with Crippen LogP contribution in [0.1, 0.15) is 40.2 Å². The number of aromatic nitrogens is 2. The molecule has 0 bridgehead atoms. The average molecular weight is 586 g/mol. The predicted molar refractivity (Wildman–Crippen MR) is 153 cm³/mol. The second-order valence-corrected chi connectivity index (χ2v) is 12.1. The molecule has 0 atom stereocenters. The first-order valence-corrected chi connectivity index (χ1v) is 14.2. The van der Waals surface area contributed by atoms with Gasteiger partial charge in [-0.1, -0.05) is 47.5 Å². The largest absolute Gasteiger partial charge is 0.297 e. The van der Waals surface area contributed by atoms with E-state index >= 15 is 0 Å². The number of carbonyl (C=O) groups excluding carboxylic acids is 2. The third-order valence-corrected chi connectivity index (χ3v) is 8.51. The Hall–Kier alpha value is -3.08. The van der Waals surface area contributed by atoms with Crippen LogP contribution in [0.2, 0.25) is 10.0 Å². The molecule has 0 aliphatic heterocycles. The van der Waals surface area contributed by atoms with Crippen LogP contribution in [0.3, 0.4) is 0 Å². The van der Waals surface area contributed by atoms with Gasteiger partial charge in [0.05, 0.1) is 9.75 Å². The summed E-state index contributed by atoms with van der Waals surface area (Å²) in [5.41, 5.74) is 2.14. The minimum Gasteiger partial charge on any atom is -0.297 e. The van der Waals surface area contributed by atoms with E-state index in [9.17, 15) is 9.59 Å². The molecule has 2 N–H and O–H groups in total. The van der Waals surface area contributed by atoms with E-state index in [1.54, 1.807) is 24.5 Å². The number of carbonyl (C=O) groups is 2. The molecule has 0 spiro atoms. The molecule has 0 unspecified atom stereocenters. The lowest BCUT2D eigenvalue weighted by molar-refractivity contribution is 0.102. The van der Waals surface area contributed by atoms with Gasteiger partial charge in [-0.3, -0.25) is 20.2 Å². The molecule has 6 nitrogen and oxygen atoms in total. The molecule has 0 aliphatic rings. The number of anilines is 2. The highest BCUT2D eigenvalue weighted by Crippen LogP contribution is 2.26. The van der Waals surface area contributed by atoms with Gasteiger partial charge in [-0.2, -0.15) is 0 Å². The Morgan fingerprint density at radius 2 is 1.14 bits per heavy atom. The van der Waals surface area contributed by atoms with Crippen molar-refractivity contribution in [1.82, 2.24) is 9.97 Å². The Balaban J connectivity index is 1.17. The van der Waals surface area contributed by atoms with Gasteiger partial charge in [-0.05, 0) is 47.5 Å². The van der Waals surface area contributed by atoms with Crippen LogP contribution in [0.15, 0.2) is 73.1 Å². The smallest absolute Gasteiger partial charge is 0.267 e. The molecular formula is C26H18Cl2N4O2S3. The Bertz CT molecular complexity index is 1460. The summed E-state index contributed by atoms with van der Waals surface area (Å²) in [5, 5.41) is 7.98. The quantitative estimate of drug-likeness (QED) is 0.196. The lowest BCUT2D eigenvalue weighted by Gasteiger charge is -2.00. The first kappa shape index (κ1) is 25.6. The van der Waals surface area contributed by atoms with E-state index in [0.717, 1.165) is 32.2 Å². The molecular weight excluding hydrogens is 567 g/mol. The molecule has 0 saturated carbocycles. The van der Waals surface area contributed by atoms with Crippen molar-refractivity contribution >= 4 is 79.3 Å². The van der Waals surface area contributed by atoms with Crippen molar-refractivity contribution in [3.8, 4) is 0 Å². The molecule has 5 aromatic rings. The lowest BCUT2D eigenvalue weighted by Crippen LogP contribution is -2.10. The molecule has 5 rings (SSSR count). The minimum atomic E-state index is -0.314. The van der Waals surface area contributed by atoms with Crippen LogP contribution in [0.4, 0.5) is 10.3 Å². The van der Waals surface area contributed by atoms with Crippen LogP contribution in [0.5, 0.6) is 0 Å². The number of thiazole rings is 2. The zero-order valence-corrected chi connectivity index (χ0v) is 23.0. The molecule has 37 heavy (non-hydrogen) atoms. The Morgan fingerprint density at radius 3 is 1.57 bits per heavy atom. The lowest BCUT2D eigenvalue weighted by atomic mass is 10.1. The number of halogens is 2. The predicted octanol–water partition coefficient (Wildman–Crippen LogP) is 7.65. The van der Waals surface area contributed by atoms with E-state index in [1.807, 2.05) is 48.5 Å². The van der Waals surface area contributed by atoms with Crippen LogP contribution in [0.25, 0.3) is 0 Å². The van der Waals surface area contributed by atoms with Gasteiger partial charge in [0.25, 0.3) is 11.8 Å². The van der Waals surface area contributed by atoms with Crippen molar-refractivity contribution in [2.24, 2.45) is 0 Å². The molecule has 11 heteroatoms. The Kier molecular flexibility index (Phi) is 7.97. The first-order valence-electron chi connectivity index (χ1n) is 11.0. The SMILES string of the molecule is O=C(Nc1ncc(Cc2cccc(Cl)c2)s1)c1ccc(C(=O)Nc2ncc(Cc3cccc(Cl)c3)s2)s1. The number of rotatable bonds is 8. The topological polar surface area (TPSA) is 84.0 Å². The van der Waals surface area contributed by atoms with Gasteiger partial charge in [0.1, 0.15) is 0 Å². The van der Waals surface area contributed by atoms with Gasteiger partial charge in [-0.25, -0.2) is 9.97 Å². The summed E-state index contributed by atoms with van der Waals surface area (Å²) in [7, 11) is 0. The standard InChI is InChI=1S/C26H18Cl2N4O2S3/c27-17-5-1-3-15(9-17)11-19-13-29-25(35-19)31-23(33)21-7-8-22(37-21)24(34)32-26-30-14-20(36-26)12-16-4-2-6-18(28)10-16/h1-10,13-14H,11-12H2,(H,29,31,33)(H,30,32,34). The summed E-state index contributed by atoms with van der Waals surface area (Å²) in [4.78, 5) is 36.9. The summed E-state index contributed by atoms with van der Waals surface area (Å²) in [6.07, 6.45) is 4.83. The molecule has 0 fully saturated rings. The van der Waals surface area contributed by atoms with Gasteiger partial charge < -0.3 is 0 Å². The maximum atomic E-state index is 12.7. The third-order valence-electron chi connectivity index (χ3n) is 5.14. The van der Waals surface area contributed by atoms with Crippen molar-refractivity contribution in [2.45, 2.75) is 12.8 Å². The number of benzene rings is 2. The van der Waals surface area contributed by atoms with Crippen LogP contribution < -0.4 is 10.6 Å². The van der Waals surface area contributed by atoms with E-state index in [-0.39, 0.29) is 11.8 Å². The highest BCUT2D eigenvalue weighted by atomic mass is 35.5. The molecule has 0 radical (unpaired) electrons. The molecule has 2 amide bonds. The third kappa shape index (κ3) is 6.82. The van der Waals surface area contributed by atoms with Crippen molar-refractivity contribution in [3.05, 3.63) is 114 Å². The zero-order valence-electron chi connectivity index (χ0n) is 19.0. The minimum absolute atomic E-state index is 0.314. The number of amides is 2. The number of nitrogens with zero attached hydrogens (tertiary/aromatic N) is 2. The van der Waals surface area contributed by atoms with Crippen molar-refractivity contribution in [1.29, 1.82) is 0 Å². The fourth-order valence-electron chi connectivity index (χ4n) is 3.49. The maximum Gasteiger partial charge on any atom is 0.267 e. The van der Waals surface area contributed by atoms with Gasteiger partial charge in [0.2, 0.25) is 0 Å². The second kappa shape index (κ2) is 11.5. The summed E-state index contributed by atoms with van der Waals surface area (Å²) in [6, 6.07) is 18.5. The fourth-order valence-corrected chi connectivity index (χ4v) is 6.40. The van der Waals surface area contributed by atoms with E-state index in [1.165, 1.54) is 22.7 Å². The van der Waals surface area contributed by atoms with E-state index in [2.05, 4.69) is 20.6 Å². The number of hydrogen-bond donors (Lipinski definition) is 2. The molecule has 3 aromatic heterocycles. The summed E-state index contributed by atoms with van der Waals surface area (Å²) in [6.45, 7) is 0.